The van der Waals surface area contributed by atoms with Gasteiger partial charge in [-0.25, -0.2) is 4.99 Å². The number of nitrogens with zero attached hydrogens (tertiary/aromatic N) is 2. The topological polar surface area (TPSA) is 80.1 Å². The summed E-state index contributed by atoms with van der Waals surface area (Å²) in [5, 5.41) is 5.09. The first kappa shape index (κ1) is 22.5. The maximum atomic E-state index is 11.3. The Morgan fingerprint density at radius 2 is 1.58 bits per heavy atom. The van der Waals surface area contributed by atoms with Gasteiger partial charge in [0.25, 0.3) is 0 Å². The summed E-state index contributed by atoms with van der Waals surface area (Å²) in [6.45, 7) is 4.04. The van der Waals surface area contributed by atoms with Crippen molar-refractivity contribution in [3.8, 4) is 5.75 Å². The van der Waals surface area contributed by atoms with Crippen molar-refractivity contribution in [2.75, 3.05) is 6.26 Å². The summed E-state index contributed by atoms with van der Waals surface area (Å²) in [6, 6.07) is 19.9. The first-order chi connectivity index (χ1) is 14.7. The van der Waals surface area contributed by atoms with Crippen molar-refractivity contribution in [2.24, 2.45) is 10.1 Å². The van der Waals surface area contributed by atoms with Gasteiger partial charge in [-0.2, -0.15) is 13.5 Å². The smallest absolute Gasteiger partial charge is 0.306 e. The van der Waals surface area contributed by atoms with Gasteiger partial charge in [0, 0.05) is 16.1 Å². The van der Waals surface area contributed by atoms with E-state index in [9.17, 15) is 8.42 Å². The van der Waals surface area contributed by atoms with Gasteiger partial charge in [0.05, 0.1) is 17.7 Å². The van der Waals surface area contributed by atoms with Gasteiger partial charge >= 0.3 is 10.1 Å². The molecular weight excluding hydrogens is 434 g/mol. The molecule has 0 saturated heterocycles. The predicted octanol–water partition coefficient (Wildman–Crippen LogP) is 5.00. The number of hydrazone groups is 1. The lowest BCUT2D eigenvalue weighted by Crippen LogP contribution is -2.11. The Kier molecular flexibility index (Phi) is 7.09. The predicted molar refractivity (Wildman–Crippen MR) is 126 cm³/mol. The molecule has 3 rings (SSSR count). The summed E-state index contributed by atoms with van der Waals surface area (Å²) < 4.78 is 27.6. The average molecular weight is 456 g/mol. The van der Waals surface area contributed by atoms with Crippen molar-refractivity contribution in [1.29, 1.82) is 0 Å². The van der Waals surface area contributed by atoms with Crippen LogP contribution in [0.15, 0.2) is 76.8 Å². The zero-order chi connectivity index (χ0) is 22.4. The van der Waals surface area contributed by atoms with Crippen LogP contribution in [0.25, 0.3) is 0 Å². The molecule has 0 aliphatic rings. The Morgan fingerprint density at radius 1 is 0.968 bits per heavy atom. The summed E-state index contributed by atoms with van der Waals surface area (Å²) >= 11 is 6.02. The van der Waals surface area contributed by atoms with Crippen molar-refractivity contribution in [2.45, 2.75) is 13.8 Å². The minimum absolute atomic E-state index is 0.228. The van der Waals surface area contributed by atoms with E-state index in [0.717, 1.165) is 28.6 Å². The van der Waals surface area contributed by atoms with E-state index >= 15 is 0 Å². The Labute approximate surface area is 187 Å². The lowest BCUT2D eigenvalue weighted by Gasteiger charge is -2.09. The zero-order valence-electron chi connectivity index (χ0n) is 17.3. The second kappa shape index (κ2) is 9.76. The lowest BCUT2D eigenvalue weighted by atomic mass is 10.0. The van der Waals surface area contributed by atoms with E-state index in [0.29, 0.717) is 10.7 Å². The van der Waals surface area contributed by atoms with Crippen molar-refractivity contribution in [3.63, 3.8) is 0 Å². The third kappa shape index (κ3) is 6.67. The van der Waals surface area contributed by atoms with E-state index in [2.05, 4.69) is 21.6 Å². The normalized spacial score (nSPS) is 12.2. The second-order valence-electron chi connectivity index (χ2n) is 6.96. The van der Waals surface area contributed by atoms with Crippen LogP contribution in [0, 0.1) is 13.8 Å². The molecule has 31 heavy (non-hydrogen) atoms. The molecule has 0 heterocycles. The molecule has 0 unspecified atom stereocenters. The quantitative estimate of drug-likeness (QED) is 0.235. The Bertz CT molecular complexity index is 1220. The van der Waals surface area contributed by atoms with Gasteiger partial charge in [-0.05, 0) is 61.9 Å². The van der Waals surface area contributed by atoms with Crippen LogP contribution in [0.2, 0.25) is 5.02 Å². The molecule has 0 amide bonds. The fraction of sp³-hybridized carbons (Fsp3) is 0.130. The molecule has 0 aliphatic heterocycles. The molecule has 0 atom stereocenters. The van der Waals surface area contributed by atoms with Crippen molar-refractivity contribution in [1.82, 2.24) is 5.43 Å². The summed E-state index contributed by atoms with van der Waals surface area (Å²) in [5.41, 5.74) is 8.20. The van der Waals surface area contributed by atoms with Crippen LogP contribution in [-0.4, -0.2) is 26.7 Å². The van der Waals surface area contributed by atoms with Crippen LogP contribution in [0.5, 0.6) is 5.75 Å². The molecule has 0 saturated carbocycles. The monoisotopic (exact) mass is 455 g/mol. The van der Waals surface area contributed by atoms with E-state index in [1.54, 1.807) is 36.4 Å². The largest absolute Gasteiger partial charge is 0.383 e. The molecule has 3 aromatic rings. The van der Waals surface area contributed by atoms with Crippen molar-refractivity contribution >= 4 is 39.5 Å². The molecular formula is C23H22ClN3O3S. The van der Waals surface area contributed by atoms with Crippen LogP contribution < -0.4 is 9.61 Å². The first-order valence-electron chi connectivity index (χ1n) is 9.40. The molecule has 0 bridgehead atoms. The third-order valence-electron chi connectivity index (χ3n) is 4.28. The lowest BCUT2D eigenvalue weighted by molar-refractivity contribution is 0.493. The number of halogens is 1. The van der Waals surface area contributed by atoms with Crippen LogP contribution in [-0.2, 0) is 10.1 Å². The van der Waals surface area contributed by atoms with Gasteiger partial charge in [-0.3, -0.25) is 5.43 Å². The molecule has 3 aromatic carbocycles. The number of hydrogen-bond donors (Lipinski definition) is 1. The molecule has 0 aromatic heterocycles. The Balaban J connectivity index is 1.87. The van der Waals surface area contributed by atoms with Gasteiger partial charge in [0.1, 0.15) is 12.1 Å². The van der Waals surface area contributed by atoms with E-state index in [1.807, 2.05) is 38.1 Å². The highest BCUT2D eigenvalue weighted by molar-refractivity contribution is 7.86. The Hall–Kier alpha value is -3.16. The maximum Gasteiger partial charge on any atom is 0.306 e. The summed E-state index contributed by atoms with van der Waals surface area (Å²) in [4.78, 5) is 4.42. The molecule has 0 radical (unpaired) electrons. The number of aliphatic imine (C=N–C) groups is 1. The molecule has 0 aliphatic carbocycles. The molecule has 0 fully saturated rings. The highest BCUT2D eigenvalue weighted by atomic mass is 35.5. The van der Waals surface area contributed by atoms with Crippen LogP contribution in [0.3, 0.4) is 0 Å². The summed E-state index contributed by atoms with van der Waals surface area (Å²) in [7, 11) is -3.59. The van der Waals surface area contributed by atoms with E-state index < -0.39 is 10.1 Å². The number of benzene rings is 3. The summed E-state index contributed by atoms with van der Waals surface area (Å²) in [5.74, 6) is 0.228. The fourth-order valence-corrected chi connectivity index (χ4v) is 3.48. The van der Waals surface area contributed by atoms with Crippen molar-refractivity contribution < 1.29 is 12.6 Å². The molecule has 6 nitrogen and oxygen atoms in total. The van der Waals surface area contributed by atoms with Crippen LogP contribution in [0.1, 0.15) is 22.3 Å². The number of hydrogen-bond acceptors (Lipinski definition) is 5. The fourth-order valence-electron chi connectivity index (χ4n) is 2.89. The highest BCUT2D eigenvalue weighted by Gasteiger charge is 2.10. The minimum atomic E-state index is -3.59. The van der Waals surface area contributed by atoms with Gasteiger partial charge in [-0.15, -0.1) is 0 Å². The molecule has 160 valence electrons. The average Bonchev–Trinajstić information content (AvgIpc) is 2.70. The van der Waals surface area contributed by atoms with E-state index in [4.69, 9.17) is 15.8 Å². The number of rotatable bonds is 7. The van der Waals surface area contributed by atoms with Gasteiger partial charge < -0.3 is 4.18 Å². The minimum Gasteiger partial charge on any atom is -0.383 e. The van der Waals surface area contributed by atoms with Gasteiger partial charge in [0.2, 0.25) is 0 Å². The highest BCUT2D eigenvalue weighted by Crippen LogP contribution is 2.20. The van der Waals surface area contributed by atoms with E-state index in [1.165, 1.54) is 11.9 Å². The van der Waals surface area contributed by atoms with Crippen LogP contribution in [0.4, 0.5) is 5.69 Å². The summed E-state index contributed by atoms with van der Waals surface area (Å²) in [6.07, 6.45) is 2.52. The number of aryl methyl sites for hydroxylation is 2. The maximum absolute atomic E-state index is 11.3. The standard InChI is InChI=1S/C23H22ClN3O3S/c1-16-4-13-22(17(2)14-16)25-15-26-27-23(18-5-9-20(24)10-6-18)19-7-11-21(12-8-19)30-31(3,28)29/h4-15H,1-3H3,(H,25,26). The second-order valence-corrected chi connectivity index (χ2v) is 8.97. The zero-order valence-corrected chi connectivity index (χ0v) is 18.9. The Morgan fingerprint density at radius 3 is 2.16 bits per heavy atom. The van der Waals surface area contributed by atoms with Crippen LogP contribution >= 0.6 is 11.6 Å². The van der Waals surface area contributed by atoms with Gasteiger partial charge in [-0.1, -0.05) is 41.4 Å². The van der Waals surface area contributed by atoms with Gasteiger partial charge in [0.15, 0.2) is 0 Å². The molecule has 8 heteroatoms. The molecule has 0 spiro atoms. The van der Waals surface area contributed by atoms with E-state index in [-0.39, 0.29) is 5.75 Å². The first-order valence-corrected chi connectivity index (χ1v) is 11.6. The number of nitrogens with one attached hydrogen (secondary N) is 1. The molecule has 1 N–H and O–H groups in total. The SMILES string of the molecule is Cc1ccc(N=CNN=C(c2ccc(Cl)cc2)c2ccc(OS(C)(=O)=O)cc2)c(C)c1. The third-order valence-corrected chi connectivity index (χ3v) is 5.03. The van der Waals surface area contributed by atoms with Crippen molar-refractivity contribution in [3.05, 3.63) is 94.0 Å².